The van der Waals surface area contributed by atoms with E-state index in [1.807, 2.05) is 13.0 Å². The number of guanidine groups is 1. The summed E-state index contributed by atoms with van der Waals surface area (Å²) in [6.45, 7) is 7.04. The highest BCUT2D eigenvalue weighted by atomic mass is 127. The number of nitrogens with one attached hydrogen (secondary N) is 1. The fourth-order valence-corrected chi connectivity index (χ4v) is 3.23. The van der Waals surface area contributed by atoms with E-state index in [-0.39, 0.29) is 42.9 Å². The van der Waals surface area contributed by atoms with Crippen LogP contribution in [0.25, 0.3) is 0 Å². The van der Waals surface area contributed by atoms with Crippen LogP contribution in [0.5, 0.6) is 5.75 Å². The lowest BCUT2D eigenvalue weighted by atomic mass is 10.2. The summed E-state index contributed by atoms with van der Waals surface area (Å²) < 4.78 is 49.4. The average molecular weight is 553 g/mol. The minimum Gasteiger partial charge on any atom is -0.491 e. The molecule has 0 radical (unpaired) electrons. The van der Waals surface area contributed by atoms with Crippen LogP contribution >= 0.6 is 24.0 Å². The quantitative estimate of drug-likeness (QED) is 0.245. The van der Waals surface area contributed by atoms with Crippen molar-refractivity contribution < 1.29 is 22.4 Å². The Bertz CT molecular complexity index is 809. The smallest absolute Gasteiger partial charge is 0.419 e. The number of alkyl halides is 3. The van der Waals surface area contributed by atoms with E-state index in [4.69, 9.17) is 9.26 Å². The van der Waals surface area contributed by atoms with Gasteiger partial charge in [-0.25, -0.2) is 4.99 Å². The van der Waals surface area contributed by atoms with Crippen LogP contribution in [0.15, 0.2) is 46.1 Å². The van der Waals surface area contributed by atoms with Gasteiger partial charge in [0.1, 0.15) is 18.6 Å². The number of hydrogen-bond acceptors (Lipinski definition) is 5. The molecule has 1 fully saturated rings. The van der Waals surface area contributed by atoms with Crippen molar-refractivity contribution in [1.82, 2.24) is 20.3 Å². The molecule has 1 saturated heterocycles. The number of aliphatic imine (C=N–C) groups is 1. The van der Waals surface area contributed by atoms with Gasteiger partial charge in [-0.1, -0.05) is 17.3 Å². The largest absolute Gasteiger partial charge is 0.491 e. The normalized spacial score (nSPS) is 15.5. The second-order valence-electron chi connectivity index (χ2n) is 6.83. The summed E-state index contributed by atoms with van der Waals surface area (Å²) in [6.07, 6.45) is -2.88. The van der Waals surface area contributed by atoms with Gasteiger partial charge in [-0.05, 0) is 19.1 Å². The Morgan fingerprint density at radius 3 is 2.58 bits per heavy atom. The molecule has 1 N–H and O–H groups in total. The Labute approximate surface area is 196 Å². The molecule has 0 unspecified atom stereocenters. The van der Waals surface area contributed by atoms with E-state index in [1.165, 1.54) is 18.2 Å². The zero-order valence-corrected chi connectivity index (χ0v) is 19.6. The highest BCUT2D eigenvalue weighted by Gasteiger charge is 2.33. The van der Waals surface area contributed by atoms with Gasteiger partial charge < -0.3 is 19.5 Å². The minimum absolute atomic E-state index is 0. The van der Waals surface area contributed by atoms with Crippen molar-refractivity contribution in [2.45, 2.75) is 19.6 Å². The third-order valence-electron chi connectivity index (χ3n) is 4.69. The van der Waals surface area contributed by atoms with Crippen LogP contribution in [-0.4, -0.2) is 66.8 Å². The predicted molar refractivity (Wildman–Crippen MR) is 122 cm³/mol. The summed E-state index contributed by atoms with van der Waals surface area (Å²) in [6, 6.07) is 7.07. The number of nitrogens with zero attached hydrogens (tertiary/aromatic N) is 4. The monoisotopic (exact) mass is 553 g/mol. The Hall–Kier alpha value is -2.02. The van der Waals surface area contributed by atoms with E-state index >= 15 is 0 Å². The molecule has 1 aliphatic rings. The third-order valence-corrected chi connectivity index (χ3v) is 4.69. The topological polar surface area (TPSA) is 66.1 Å². The van der Waals surface area contributed by atoms with Crippen LogP contribution in [-0.2, 0) is 12.7 Å². The molecule has 0 spiro atoms. The number of ether oxygens (including phenoxy) is 1. The van der Waals surface area contributed by atoms with Crippen molar-refractivity contribution in [2.75, 3.05) is 45.9 Å². The maximum Gasteiger partial charge on any atom is 0.419 e. The molecule has 7 nitrogen and oxygen atoms in total. The van der Waals surface area contributed by atoms with Gasteiger partial charge in [-0.3, -0.25) is 4.90 Å². The Morgan fingerprint density at radius 2 is 1.94 bits per heavy atom. The van der Waals surface area contributed by atoms with Crippen molar-refractivity contribution >= 4 is 29.9 Å². The second-order valence-corrected chi connectivity index (χ2v) is 6.83. The maximum absolute atomic E-state index is 13.0. The molecule has 11 heteroatoms. The molecule has 3 rings (SSSR count). The maximum atomic E-state index is 13.0. The lowest BCUT2D eigenvalue weighted by Crippen LogP contribution is -2.52. The van der Waals surface area contributed by atoms with Crippen LogP contribution in [0.3, 0.4) is 0 Å². The van der Waals surface area contributed by atoms with Gasteiger partial charge in [0.05, 0.1) is 17.8 Å². The fraction of sp³-hybridized carbons (Fsp3) is 0.500. The standard InChI is InChI=1S/C20H26F3N5O2.HI/c1-2-24-19(28-11-9-27(10-12-28)15-16-7-13-30-26-16)25-8-14-29-18-6-4-3-5-17(18)20(21,22)23;/h3-7,13H,2,8-12,14-15H2,1H3,(H,24,25);1H. The van der Waals surface area contributed by atoms with Crippen molar-refractivity contribution in [3.63, 3.8) is 0 Å². The van der Waals surface area contributed by atoms with E-state index in [2.05, 4.69) is 25.3 Å². The Balaban J connectivity index is 0.00000341. The predicted octanol–water partition coefficient (Wildman–Crippen LogP) is 3.47. The first kappa shape index (κ1) is 25.2. The van der Waals surface area contributed by atoms with Gasteiger partial charge in [-0.2, -0.15) is 13.2 Å². The molecule has 1 aromatic heterocycles. The first-order chi connectivity index (χ1) is 14.5. The average Bonchev–Trinajstić information content (AvgIpc) is 3.24. The van der Waals surface area contributed by atoms with Gasteiger partial charge in [0.25, 0.3) is 0 Å². The molecule has 0 atom stereocenters. The van der Waals surface area contributed by atoms with Gasteiger partial charge in [0.15, 0.2) is 5.96 Å². The van der Waals surface area contributed by atoms with Gasteiger partial charge in [-0.15, -0.1) is 24.0 Å². The SMILES string of the molecule is CCNC(=NCCOc1ccccc1C(F)(F)F)N1CCN(Cc2ccon2)CC1.I. The molecule has 0 bridgehead atoms. The van der Waals surface area contributed by atoms with E-state index in [0.717, 1.165) is 50.4 Å². The van der Waals surface area contributed by atoms with Crippen LogP contribution in [0, 0.1) is 0 Å². The van der Waals surface area contributed by atoms with Crippen LogP contribution in [0.1, 0.15) is 18.2 Å². The lowest BCUT2D eigenvalue weighted by molar-refractivity contribution is -0.138. The van der Waals surface area contributed by atoms with Crippen LogP contribution in [0.4, 0.5) is 13.2 Å². The molecule has 2 heterocycles. The molecule has 0 saturated carbocycles. The zero-order valence-electron chi connectivity index (χ0n) is 17.3. The summed E-state index contributed by atoms with van der Waals surface area (Å²) in [4.78, 5) is 8.96. The number of piperazine rings is 1. The second kappa shape index (κ2) is 12.1. The van der Waals surface area contributed by atoms with E-state index in [0.29, 0.717) is 6.54 Å². The Morgan fingerprint density at radius 1 is 1.19 bits per heavy atom. The third kappa shape index (κ3) is 7.56. The van der Waals surface area contributed by atoms with Crippen molar-refractivity contribution in [3.05, 3.63) is 47.9 Å². The van der Waals surface area contributed by atoms with Crippen molar-refractivity contribution in [3.8, 4) is 5.75 Å². The zero-order chi connectivity index (χ0) is 21.4. The molecule has 31 heavy (non-hydrogen) atoms. The van der Waals surface area contributed by atoms with Gasteiger partial charge in [0.2, 0.25) is 0 Å². The van der Waals surface area contributed by atoms with Gasteiger partial charge >= 0.3 is 6.18 Å². The molecule has 0 aliphatic carbocycles. The number of para-hydroxylation sites is 1. The van der Waals surface area contributed by atoms with E-state index in [9.17, 15) is 13.2 Å². The lowest BCUT2D eigenvalue weighted by Gasteiger charge is -2.36. The first-order valence-electron chi connectivity index (χ1n) is 9.91. The first-order valence-corrected chi connectivity index (χ1v) is 9.91. The number of halogens is 4. The molecule has 2 aromatic rings. The molecule has 1 aliphatic heterocycles. The minimum atomic E-state index is -4.44. The number of hydrogen-bond donors (Lipinski definition) is 1. The summed E-state index contributed by atoms with van der Waals surface area (Å²) in [5, 5.41) is 7.18. The molecule has 1 aromatic carbocycles. The number of rotatable bonds is 7. The highest BCUT2D eigenvalue weighted by Crippen LogP contribution is 2.35. The summed E-state index contributed by atoms with van der Waals surface area (Å²) in [5.41, 5.74) is 0.129. The molecule has 172 valence electrons. The van der Waals surface area contributed by atoms with Gasteiger partial charge in [0, 0.05) is 45.3 Å². The van der Waals surface area contributed by atoms with E-state index < -0.39 is 11.7 Å². The summed E-state index contributed by atoms with van der Waals surface area (Å²) >= 11 is 0. The molecular formula is C20H27F3IN5O2. The summed E-state index contributed by atoms with van der Waals surface area (Å²) in [5.74, 6) is 0.568. The number of benzene rings is 1. The van der Waals surface area contributed by atoms with Crippen molar-refractivity contribution in [2.24, 2.45) is 4.99 Å². The van der Waals surface area contributed by atoms with Crippen molar-refractivity contribution in [1.29, 1.82) is 0 Å². The van der Waals surface area contributed by atoms with Crippen LogP contribution in [0.2, 0.25) is 0 Å². The fourth-order valence-electron chi connectivity index (χ4n) is 3.23. The molecular weight excluding hydrogens is 526 g/mol. The van der Waals surface area contributed by atoms with E-state index in [1.54, 1.807) is 6.26 Å². The highest BCUT2D eigenvalue weighted by molar-refractivity contribution is 14.0. The van der Waals surface area contributed by atoms with Crippen LogP contribution < -0.4 is 10.1 Å². The number of aromatic nitrogens is 1. The molecule has 0 amide bonds. The Kier molecular flexibility index (Phi) is 9.88. The summed E-state index contributed by atoms with van der Waals surface area (Å²) in [7, 11) is 0.